The van der Waals surface area contributed by atoms with Crippen LogP contribution in [0.25, 0.3) is 0 Å². The number of quaternary nitrogens is 1. The molecule has 0 aliphatic rings. The van der Waals surface area contributed by atoms with Crippen LogP contribution in [-0.4, -0.2) is 75.6 Å². The molecule has 55 heavy (non-hydrogen) atoms. The van der Waals surface area contributed by atoms with Crippen molar-refractivity contribution >= 4 is 13.8 Å². The van der Waals surface area contributed by atoms with Crippen LogP contribution >= 0.6 is 7.82 Å². The van der Waals surface area contributed by atoms with E-state index in [1.54, 1.807) is 0 Å². The molecule has 0 aromatic rings. The Labute approximate surface area is 339 Å². The van der Waals surface area contributed by atoms with Gasteiger partial charge in [-0.25, -0.2) is 4.57 Å². The van der Waals surface area contributed by atoms with E-state index in [0.717, 1.165) is 38.5 Å². The van der Waals surface area contributed by atoms with Crippen molar-refractivity contribution in [3.8, 4) is 0 Å². The maximum absolute atomic E-state index is 12.7. The molecule has 0 amide bonds. The van der Waals surface area contributed by atoms with E-state index >= 15 is 0 Å². The molecule has 0 saturated heterocycles. The van der Waals surface area contributed by atoms with Crippen molar-refractivity contribution in [2.75, 3.05) is 54.1 Å². The lowest BCUT2D eigenvalue weighted by Crippen LogP contribution is -2.37. The lowest BCUT2D eigenvalue weighted by molar-refractivity contribution is -0.870. The fourth-order valence-corrected chi connectivity index (χ4v) is 6.64. The van der Waals surface area contributed by atoms with E-state index in [4.69, 9.17) is 18.5 Å². The van der Waals surface area contributed by atoms with Crippen LogP contribution in [0.15, 0.2) is 48.6 Å². The summed E-state index contributed by atoms with van der Waals surface area (Å²) in [6.45, 7) is 5.53. The van der Waals surface area contributed by atoms with Crippen LogP contribution in [0.2, 0.25) is 0 Å². The van der Waals surface area contributed by atoms with Gasteiger partial charge in [-0.05, 0) is 51.4 Å². The maximum Gasteiger partial charge on any atom is 0.472 e. The largest absolute Gasteiger partial charge is 0.472 e. The molecule has 322 valence electrons. The van der Waals surface area contributed by atoms with Gasteiger partial charge in [-0.15, -0.1) is 0 Å². The van der Waals surface area contributed by atoms with Gasteiger partial charge in [0.05, 0.1) is 34.4 Å². The summed E-state index contributed by atoms with van der Waals surface area (Å²) in [4.78, 5) is 22.9. The fraction of sp³-hybridized carbons (Fsp3) is 0.804. The molecule has 2 unspecified atom stereocenters. The molecular formula is C46H87NO7P+. The highest BCUT2D eigenvalue weighted by Gasteiger charge is 2.26. The highest BCUT2D eigenvalue weighted by molar-refractivity contribution is 7.47. The Hall–Kier alpha value is -1.54. The Balaban J connectivity index is 4.32. The Bertz CT molecular complexity index is 1020. The Morgan fingerprint density at radius 1 is 0.564 bits per heavy atom. The summed E-state index contributed by atoms with van der Waals surface area (Å²) in [5, 5.41) is 0. The minimum absolute atomic E-state index is 0.0783. The molecule has 1 N–H and O–H groups in total. The van der Waals surface area contributed by atoms with E-state index in [0.29, 0.717) is 24.1 Å². The molecule has 8 nitrogen and oxygen atoms in total. The predicted molar refractivity (Wildman–Crippen MR) is 233 cm³/mol. The van der Waals surface area contributed by atoms with Gasteiger partial charge in [-0.2, -0.15) is 0 Å². The number of hydrogen-bond acceptors (Lipinski definition) is 6. The van der Waals surface area contributed by atoms with Gasteiger partial charge in [-0.1, -0.05) is 172 Å². The fourth-order valence-electron chi connectivity index (χ4n) is 5.90. The molecule has 0 aromatic carbocycles. The monoisotopic (exact) mass is 797 g/mol. The van der Waals surface area contributed by atoms with Gasteiger partial charge in [0.25, 0.3) is 0 Å². The van der Waals surface area contributed by atoms with Gasteiger partial charge in [-0.3, -0.25) is 13.8 Å². The summed E-state index contributed by atoms with van der Waals surface area (Å²) in [6, 6.07) is 0. The third-order valence-corrected chi connectivity index (χ3v) is 10.4. The zero-order valence-electron chi connectivity index (χ0n) is 36.4. The van der Waals surface area contributed by atoms with E-state index in [9.17, 15) is 14.3 Å². The van der Waals surface area contributed by atoms with Gasteiger partial charge < -0.3 is 18.9 Å². The second kappa shape index (κ2) is 39.3. The van der Waals surface area contributed by atoms with Gasteiger partial charge in [0, 0.05) is 13.0 Å². The van der Waals surface area contributed by atoms with Crippen LogP contribution in [0.1, 0.15) is 181 Å². The first-order valence-corrected chi connectivity index (χ1v) is 23.9. The van der Waals surface area contributed by atoms with Crippen molar-refractivity contribution in [1.29, 1.82) is 0 Å². The van der Waals surface area contributed by atoms with Crippen LogP contribution < -0.4 is 0 Å². The number of rotatable bonds is 41. The number of carbonyl (C=O) groups excluding carboxylic acids is 1. The second-order valence-electron chi connectivity index (χ2n) is 16.1. The zero-order valence-corrected chi connectivity index (χ0v) is 37.3. The topological polar surface area (TPSA) is 91.3 Å². The van der Waals surface area contributed by atoms with E-state index in [1.807, 2.05) is 21.1 Å². The molecule has 0 spiro atoms. The smallest absolute Gasteiger partial charge is 0.457 e. The Morgan fingerprint density at radius 3 is 1.49 bits per heavy atom. The third kappa shape index (κ3) is 43.4. The van der Waals surface area contributed by atoms with Crippen molar-refractivity contribution in [2.45, 2.75) is 187 Å². The van der Waals surface area contributed by atoms with Crippen LogP contribution in [0.3, 0.4) is 0 Å². The number of likely N-dealkylation sites (N-methyl/N-ethyl adjacent to an activating group) is 1. The maximum atomic E-state index is 12.7. The number of carbonyl (C=O) groups is 1. The van der Waals surface area contributed by atoms with Crippen molar-refractivity contribution in [1.82, 2.24) is 0 Å². The number of unbranched alkanes of at least 4 members (excludes halogenated alkanes) is 19. The van der Waals surface area contributed by atoms with Crippen LogP contribution in [0, 0.1) is 0 Å². The van der Waals surface area contributed by atoms with Crippen molar-refractivity contribution in [3.05, 3.63) is 48.6 Å². The highest BCUT2D eigenvalue weighted by atomic mass is 31.2. The van der Waals surface area contributed by atoms with Crippen LogP contribution in [0.5, 0.6) is 0 Å². The van der Waals surface area contributed by atoms with Crippen molar-refractivity contribution in [2.24, 2.45) is 0 Å². The first kappa shape index (κ1) is 53.5. The molecule has 0 aromatic heterocycles. The minimum Gasteiger partial charge on any atom is -0.457 e. The van der Waals surface area contributed by atoms with Gasteiger partial charge >= 0.3 is 13.8 Å². The van der Waals surface area contributed by atoms with Gasteiger partial charge in [0.2, 0.25) is 0 Å². The summed E-state index contributed by atoms with van der Waals surface area (Å²) in [5.74, 6) is -0.366. The molecule has 2 atom stereocenters. The summed E-state index contributed by atoms with van der Waals surface area (Å²) < 4.78 is 34.9. The molecule has 0 fully saturated rings. The van der Waals surface area contributed by atoms with Gasteiger partial charge in [0.15, 0.2) is 0 Å². The predicted octanol–water partition coefficient (Wildman–Crippen LogP) is 13.2. The van der Waals surface area contributed by atoms with Crippen LogP contribution in [0.4, 0.5) is 0 Å². The first-order valence-electron chi connectivity index (χ1n) is 22.4. The van der Waals surface area contributed by atoms with Crippen molar-refractivity contribution in [3.63, 3.8) is 0 Å². The van der Waals surface area contributed by atoms with Crippen LogP contribution in [-0.2, 0) is 27.9 Å². The Morgan fingerprint density at radius 2 is 1.00 bits per heavy atom. The summed E-state index contributed by atoms with van der Waals surface area (Å²) >= 11 is 0. The van der Waals surface area contributed by atoms with Gasteiger partial charge in [0.1, 0.15) is 19.3 Å². The first-order chi connectivity index (χ1) is 26.6. The van der Waals surface area contributed by atoms with E-state index in [1.165, 1.54) is 116 Å². The second-order valence-corrected chi connectivity index (χ2v) is 17.5. The number of allylic oxidation sites excluding steroid dienone is 8. The number of phosphoric ester groups is 1. The molecule has 9 heteroatoms. The van der Waals surface area contributed by atoms with E-state index < -0.39 is 13.9 Å². The molecule has 0 aliphatic carbocycles. The zero-order chi connectivity index (χ0) is 40.6. The molecule has 0 aliphatic heterocycles. The standard InChI is InChI=1S/C46H86NO7P/c1-6-8-10-12-14-16-18-20-22-24-25-27-29-31-33-35-37-39-46(48)54-45(44-53-55(49,50)52-42-40-47(3,4)5)43-51-41-38-36-34-32-30-28-26-23-21-19-17-15-13-11-9-7-2/h14,16,20,22,25,27,31,33,45H,6-13,15,17-19,21,23-24,26,28-30,32,34-44H2,1-5H3/p+1/b16-14-,22-20-,27-25-,33-31-. The number of nitrogens with zero attached hydrogens (tertiary/aromatic N) is 1. The van der Waals surface area contributed by atoms with E-state index in [-0.39, 0.29) is 32.2 Å². The minimum atomic E-state index is -4.29. The normalized spacial score (nSPS) is 14.2. The molecule has 0 saturated carbocycles. The summed E-state index contributed by atoms with van der Waals surface area (Å²) in [6.07, 6.45) is 47.2. The van der Waals surface area contributed by atoms with Crippen molar-refractivity contribution < 1.29 is 37.3 Å². The summed E-state index contributed by atoms with van der Waals surface area (Å²) in [5.41, 5.74) is 0. The molecular weight excluding hydrogens is 709 g/mol. The molecule has 0 radical (unpaired) electrons. The average molecular weight is 797 g/mol. The lowest BCUT2D eigenvalue weighted by atomic mass is 10.0. The molecule has 0 rings (SSSR count). The molecule has 0 bridgehead atoms. The number of hydrogen-bond donors (Lipinski definition) is 1. The lowest BCUT2D eigenvalue weighted by Gasteiger charge is -2.24. The molecule has 0 heterocycles. The SMILES string of the molecule is CCCCC/C=C\C/C=C\C/C=C\C/C=C\CCCC(=O)OC(COCCCCCCCCCCCCCCCCCC)COP(=O)(O)OCC[N+](C)(C)C. The Kier molecular flexibility index (Phi) is 38.2. The quantitative estimate of drug-likeness (QED) is 0.0217. The third-order valence-electron chi connectivity index (χ3n) is 9.39. The average Bonchev–Trinajstić information content (AvgIpc) is 3.13. The summed E-state index contributed by atoms with van der Waals surface area (Å²) in [7, 11) is 1.63. The number of phosphoric acid groups is 1. The number of esters is 1. The van der Waals surface area contributed by atoms with E-state index in [2.05, 4.69) is 62.5 Å². The highest BCUT2D eigenvalue weighted by Crippen LogP contribution is 2.43. The number of ether oxygens (including phenoxy) is 2.